The molecule has 1 aromatic heterocycles. The van der Waals surface area contributed by atoms with Gasteiger partial charge in [-0.3, -0.25) is 19.0 Å². The lowest BCUT2D eigenvalue weighted by Crippen LogP contribution is -2.43. The average Bonchev–Trinajstić information content (AvgIpc) is 3.46. The lowest BCUT2D eigenvalue weighted by Gasteiger charge is -2.16. The van der Waals surface area contributed by atoms with E-state index in [0.717, 1.165) is 29.5 Å². The van der Waals surface area contributed by atoms with Gasteiger partial charge in [0.1, 0.15) is 18.2 Å². The molecule has 0 atom stereocenters. The third-order valence-corrected chi connectivity index (χ3v) is 5.09. The van der Waals surface area contributed by atoms with E-state index in [4.69, 9.17) is 5.26 Å². The van der Waals surface area contributed by atoms with Crippen molar-refractivity contribution in [2.24, 2.45) is 0 Å². The lowest BCUT2D eigenvalue weighted by molar-refractivity contribution is -0.117. The zero-order chi connectivity index (χ0) is 20.5. The van der Waals surface area contributed by atoms with E-state index in [-0.39, 0.29) is 17.5 Å². The Morgan fingerprint density at radius 2 is 1.90 bits per heavy atom. The molecule has 0 bridgehead atoms. The Labute approximate surface area is 165 Å². The smallest absolute Gasteiger partial charge is 0.325 e. The van der Waals surface area contributed by atoms with Crippen LogP contribution in [-0.2, 0) is 16.1 Å². The summed E-state index contributed by atoms with van der Waals surface area (Å²) in [4.78, 5) is 50.8. The number of aromatic nitrogens is 2. The number of amides is 2. The number of carbonyl (C=O) groups excluding carboxylic acids is 2. The molecule has 0 unspecified atom stereocenters. The molecule has 148 valence electrons. The second kappa shape index (κ2) is 7.39. The van der Waals surface area contributed by atoms with Crippen LogP contribution in [0.5, 0.6) is 0 Å². The van der Waals surface area contributed by atoms with Crippen molar-refractivity contribution in [1.29, 1.82) is 5.26 Å². The van der Waals surface area contributed by atoms with Crippen LogP contribution in [0.15, 0.2) is 40.1 Å². The minimum absolute atomic E-state index is 0.0228. The lowest BCUT2D eigenvalue weighted by atomic mass is 10.2. The molecule has 1 N–H and O–H groups in total. The van der Waals surface area contributed by atoms with Crippen molar-refractivity contribution in [2.75, 3.05) is 16.8 Å². The topological polar surface area (TPSA) is 117 Å². The first kappa shape index (κ1) is 18.7. The van der Waals surface area contributed by atoms with Gasteiger partial charge < -0.3 is 10.2 Å². The van der Waals surface area contributed by atoms with Crippen molar-refractivity contribution in [3.8, 4) is 6.07 Å². The van der Waals surface area contributed by atoms with Crippen molar-refractivity contribution in [1.82, 2.24) is 9.13 Å². The molecule has 2 heterocycles. The first-order valence-corrected chi connectivity index (χ1v) is 9.44. The van der Waals surface area contributed by atoms with Crippen molar-refractivity contribution in [3.05, 3.63) is 56.9 Å². The van der Waals surface area contributed by atoms with Crippen LogP contribution in [0.2, 0.25) is 0 Å². The fourth-order valence-corrected chi connectivity index (χ4v) is 3.44. The van der Waals surface area contributed by atoms with Gasteiger partial charge in [0.05, 0.1) is 0 Å². The second-order valence-electron chi connectivity index (χ2n) is 7.21. The van der Waals surface area contributed by atoms with Crippen LogP contribution in [0.4, 0.5) is 11.4 Å². The molecule has 4 rings (SSSR count). The molecule has 1 saturated heterocycles. The summed E-state index contributed by atoms with van der Waals surface area (Å²) in [6.07, 6.45) is 4.25. The molecule has 2 aromatic rings. The van der Waals surface area contributed by atoms with Crippen LogP contribution >= 0.6 is 0 Å². The Bertz CT molecular complexity index is 1140. The SMILES string of the molecule is N#Cc1cn(C2CC2)c(=O)n(CC(=O)Nc2ccc(N3CCCC3=O)cc2)c1=O. The minimum atomic E-state index is -0.771. The number of benzene rings is 1. The van der Waals surface area contributed by atoms with Crippen molar-refractivity contribution in [2.45, 2.75) is 38.3 Å². The summed E-state index contributed by atoms with van der Waals surface area (Å²) in [5.74, 6) is -0.475. The van der Waals surface area contributed by atoms with E-state index in [0.29, 0.717) is 18.7 Å². The largest absolute Gasteiger partial charge is 0.331 e. The predicted octanol–water partition coefficient (Wildman–Crippen LogP) is 0.982. The number of nitriles is 1. The maximum atomic E-state index is 12.5. The zero-order valence-electron chi connectivity index (χ0n) is 15.6. The van der Waals surface area contributed by atoms with E-state index in [2.05, 4.69) is 5.32 Å². The van der Waals surface area contributed by atoms with Gasteiger partial charge in [-0.15, -0.1) is 0 Å². The summed E-state index contributed by atoms with van der Waals surface area (Å²) in [6, 6.07) is 8.57. The number of rotatable bonds is 5. The van der Waals surface area contributed by atoms with Crippen LogP contribution < -0.4 is 21.5 Å². The van der Waals surface area contributed by atoms with Crippen LogP contribution in [0, 0.1) is 11.3 Å². The van der Waals surface area contributed by atoms with E-state index in [9.17, 15) is 19.2 Å². The minimum Gasteiger partial charge on any atom is -0.325 e. The quantitative estimate of drug-likeness (QED) is 0.813. The Hall–Kier alpha value is -3.67. The van der Waals surface area contributed by atoms with Gasteiger partial charge in [0.25, 0.3) is 5.56 Å². The normalized spacial score (nSPS) is 16.0. The molecule has 9 heteroatoms. The van der Waals surface area contributed by atoms with Gasteiger partial charge in [0, 0.05) is 36.6 Å². The van der Waals surface area contributed by atoms with Gasteiger partial charge in [-0.2, -0.15) is 5.26 Å². The summed E-state index contributed by atoms with van der Waals surface area (Å²) in [5.41, 5.74) is -0.279. The van der Waals surface area contributed by atoms with Crippen molar-refractivity contribution < 1.29 is 9.59 Å². The highest BCUT2D eigenvalue weighted by Gasteiger charge is 2.27. The highest BCUT2D eigenvalue weighted by Crippen LogP contribution is 2.33. The summed E-state index contributed by atoms with van der Waals surface area (Å²) in [5, 5.41) is 11.8. The molecule has 0 spiro atoms. The molecule has 2 aliphatic rings. The number of anilines is 2. The van der Waals surface area contributed by atoms with Gasteiger partial charge in [0.15, 0.2) is 0 Å². The molecule has 1 saturated carbocycles. The number of carbonyl (C=O) groups is 2. The van der Waals surface area contributed by atoms with E-state index in [1.807, 2.05) is 0 Å². The fourth-order valence-electron chi connectivity index (χ4n) is 3.44. The molecule has 29 heavy (non-hydrogen) atoms. The summed E-state index contributed by atoms with van der Waals surface area (Å²) < 4.78 is 2.15. The van der Waals surface area contributed by atoms with E-state index < -0.39 is 23.7 Å². The standard InChI is InChI=1S/C20H19N5O4/c21-10-13-11-24(16-7-8-16)20(29)25(19(13)28)12-17(26)22-14-3-5-15(6-4-14)23-9-1-2-18(23)27/h3-6,11,16H,1-2,7-9,12H2,(H,22,26). The molecule has 1 aliphatic carbocycles. The van der Waals surface area contributed by atoms with E-state index in [1.54, 1.807) is 35.2 Å². The van der Waals surface area contributed by atoms with Crippen LogP contribution in [-0.4, -0.2) is 27.5 Å². The molecule has 9 nitrogen and oxygen atoms in total. The number of hydrogen-bond acceptors (Lipinski definition) is 5. The van der Waals surface area contributed by atoms with Gasteiger partial charge in [-0.05, 0) is 43.5 Å². The highest BCUT2D eigenvalue weighted by atomic mass is 16.2. The van der Waals surface area contributed by atoms with Gasteiger partial charge >= 0.3 is 5.69 Å². The second-order valence-corrected chi connectivity index (χ2v) is 7.21. The first-order valence-electron chi connectivity index (χ1n) is 9.44. The Morgan fingerprint density at radius 1 is 1.17 bits per heavy atom. The third-order valence-electron chi connectivity index (χ3n) is 5.09. The van der Waals surface area contributed by atoms with Gasteiger partial charge in [-0.25, -0.2) is 9.36 Å². The maximum absolute atomic E-state index is 12.5. The Balaban J connectivity index is 1.51. The molecule has 1 aromatic carbocycles. The number of hydrogen-bond donors (Lipinski definition) is 1. The fraction of sp³-hybridized carbons (Fsp3) is 0.350. The average molecular weight is 393 g/mol. The molecule has 1 aliphatic heterocycles. The molecule has 0 radical (unpaired) electrons. The first-order chi connectivity index (χ1) is 14.0. The van der Waals surface area contributed by atoms with Crippen molar-refractivity contribution in [3.63, 3.8) is 0 Å². The molecular formula is C20H19N5O4. The zero-order valence-corrected chi connectivity index (χ0v) is 15.6. The summed E-state index contributed by atoms with van der Waals surface area (Å²) >= 11 is 0. The highest BCUT2D eigenvalue weighted by molar-refractivity contribution is 5.96. The number of nitrogens with one attached hydrogen (secondary N) is 1. The molecule has 2 fully saturated rings. The van der Waals surface area contributed by atoms with E-state index in [1.165, 1.54) is 10.8 Å². The van der Waals surface area contributed by atoms with Crippen LogP contribution in [0.1, 0.15) is 37.3 Å². The molecule has 2 amide bonds. The molecular weight excluding hydrogens is 374 g/mol. The summed E-state index contributed by atoms with van der Waals surface area (Å²) in [7, 11) is 0. The monoisotopic (exact) mass is 393 g/mol. The Kier molecular flexibility index (Phi) is 4.76. The van der Waals surface area contributed by atoms with E-state index >= 15 is 0 Å². The van der Waals surface area contributed by atoms with Gasteiger partial charge in [-0.1, -0.05) is 0 Å². The van der Waals surface area contributed by atoms with Crippen molar-refractivity contribution >= 4 is 23.2 Å². The predicted molar refractivity (Wildman–Crippen MR) is 105 cm³/mol. The number of nitrogens with zero attached hydrogens (tertiary/aromatic N) is 4. The summed E-state index contributed by atoms with van der Waals surface area (Å²) in [6.45, 7) is 0.197. The van der Waals surface area contributed by atoms with Crippen LogP contribution in [0.3, 0.4) is 0 Å². The third kappa shape index (κ3) is 3.69. The van der Waals surface area contributed by atoms with Gasteiger partial charge in [0.2, 0.25) is 11.8 Å². The Morgan fingerprint density at radius 3 is 2.48 bits per heavy atom. The maximum Gasteiger partial charge on any atom is 0.331 e. The van der Waals surface area contributed by atoms with Crippen LogP contribution in [0.25, 0.3) is 0 Å².